The molecule has 0 aromatic heterocycles. The number of amidine groups is 2. The van der Waals surface area contributed by atoms with E-state index in [9.17, 15) is 9.59 Å². The monoisotopic (exact) mass is 306 g/mol. The van der Waals surface area contributed by atoms with Crippen LogP contribution in [0.25, 0.3) is 0 Å². The van der Waals surface area contributed by atoms with Gasteiger partial charge < -0.3 is 10.6 Å². The van der Waals surface area contributed by atoms with Crippen LogP contribution in [0.5, 0.6) is 0 Å². The number of benzene rings is 2. The van der Waals surface area contributed by atoms with Gasteiger partial charge in [0.2, 0.25) is 12.2 Å². The summed E-state index contributed by atoms with van der Waals surface area (Å²) in [5, 5.41) is 5.37. The topological polar surface area (TPSA) is 82.9 Å². The Bertz CT molecular complexity index is 823. The molecule has 0 aliphatic carbocycles. The lowest BCUT2D eigenvalue weighted by molar-refractivity contribution is -0.108. The number of fused-ring (bicyclic) bond motifs is 1. The highest BCUT2D eigenvalue weighted by Crippen LogP contribution is 2.22. The molecule has 0 fully saturated rings. The maximum atomic E-state index is 12.3. The summed E-state index contributed by atoms with van der Waals surface area (Å²) >= 11 is 0. The summed E-state index contributed by atoms with van der Waals surface area (Å²) in [6, 6.07) is 14.6. The fraction of sp³-hybridized carbons (Fsp3) is 0.0588. The fourth-order valence-electron chi connectivity index (χ4n) is 2.28. The van der Waals surface area contributed by atoms with Gasteiger partial charge in [-0.1, -0.05) is 24.3 Å². The number of anilines is 1. The summed E-state index contributed by atoms with van der Waals surface area (Å²) in [4.78, 5) is 31.6. The second kappa shape index (κ2) is 6.23. The van der Waals surface area contributed by atoms with Crippen molar-refractivity contribution in [3.8, 4) is 0 Å². The van der Waals surface area contributed by atoms with Gasteiger partial charge in [0, 0.05) is 23.9 Å². The van der Waals surface area contributed by atoms with E-state index in [-0.39, 0.29) is 11.6 Å². The lowest BCUT2D eigenvalue weighted by atomic mass is 9.99. The standard InChI is InChI=1S/C17H14N4O2/c1-18-11-6-8-12(9-7-11)20-16-14-5-3-2-4-13(14)15(23)17(21-16)19-10-22/h2-10,18H,1H3,(H,19,20,21,22). The zero-order chi connectivity index (χ0) is 16.2. The molecule has 1 aliphatic rings. The van der Waals surface area contributed by atoms with Crippen molar-refractivity contribution >= 4 is 35.2 Å². The second-order valence-electron chi connectivity index (χ2n) is 4.83. The number of nitrogens with one attached hydrogen (secondary N) is 2. The van der Waals surface area contributed by atoms with E-state index in [1.165, 1.54) is 0 Å². The van der Waals surface area contributed by atoms with E-state index in [1.807, 2.05) is 37.4 Å². The van der Waals surface area contributed by atoms with Gasteiger partial charge in [0.1, 0.15) is 0 Å². The lowest BCUT2D eigenvalue weighted by Gasteiger charge is -2.15. The summed E-state index contributed by atoms with van der Waals surface area (Å²) < 4.78 is 0. The van der Waals surface area contributed by atoms with E-state index in [0.717, 1.165) is 5.69 Å². The fourth-order valence-corrected chi connectivity index (χ4v) is 2.28. The Hall–Kier alpha value is -3.28. The van der Waals surface area contributed by atoms with Crippen molar-refractivity contribution in [1.29, 1.82) is 0 Å². The Balaban J connectivity index is 2.08. The van der Waals surface area contributed by atoms with Gasteiger partial charge in [-0.3, -0.25) is 9.59 Å². The summed E-state index contributed by atoms with van der Waals surface area (Å²) in [7, 11) is 1.84. The Morgan fingerprint density at radius 1 is 1.04 bits per heavy atom. The van der Waals surface area contributed by atoms with Crippen molar-refractivity contribution in [2.45, 2.75) is 0 Å². The zero-order valence-electron chi connectivity index (χ0n) is 12.4. The van der Waals surface area contributed by atoms with Crippen LogP contribution < -0.4 is 10.6 Å². The maximum absolute atomic E-state index is 12.3. The number of amides is 1. The second-order valence-corrected chi connectivity index (χ2v) is 4.83. The van der Waals surface area contributed by atoms with Gasteiger partial charge in [0.15, 0.2) is 11.7 Å². The molecule has 2 aromatic rings. The molecular weight excluding hydrogens is 292 g/mol. The highest BCUT2D eigenvalue weighted by molar-refractivity contribution is 6.51. The number of carbonyl (C=O) groups is 2. The first-order valence-electron chi connectivity index (χ1n) is 7.02. The van der Waals surface area contributed by atoms with Gasteiger partial charge in [0.05, 0.1) is 5.69 Å². The van der Waals surface area contributed by atoms with Crippen LogP contribution in [0.15, 0.2) is 58.5 Å². The average Bonchev–Trinajstić information content (AvgIpc) is 2.60. The van der Waals surface area contributed by atoms with Crippen LogP contribution in [0, 0.1) is 0 Å². The molecule has 0 saturated heterocycles. The first kappa shape index (κ1) is 14.6. The minimum atomic E-state index is -0.322. The number of hydrogen-bond donors (Lipinski definition) is 2. The molecule has 6 nitrogen and oxygen atoms in total. The number of Topliss-reactive ketones (excluding diaryl/α,β-unsaturated/α-hetero) is 1. The maximum Gasteiger partial charge on any atom is 0.229 e. The molecule has 0 radical (unpaired) electrons. The third-order valence-electron chi connectivity index (χ3n) is 3.43. The Labute approximate surface area is 133 Å². The Morgan fingerprint density at radius 2 is 1.74 bits per heavy atom. The number of rotatable bonds is 3. The molecule has 0 bridgehead atoms. The molecule has 0 atom stereocenters. The molecule has 2 aromatic carbocycles. The molecule has 114 valence electrons. The van der Waals surface area contributed by atoms with E-state index >= 15 is 0 Å². The van der Waals surface area contributed by atoms with Crippen molar-refractivity contribution < 1.29 is 9.59 Å². The SMILES string of the molecule is CNc1ccc(N=C2N=C(NC=O)C(=O)c3ccccc32)cc1. The van der Waals surface area contributed by atoms with Crippen molar-refractivity contribution in [2.24, 2.45) is 9.98 Å². The first-order valence-corrected chi connectivity index (χ1v) is 7.02. The molecule has 1 amide bonds. The Kier molecular flexibility index (Phi) is 3.97. The number of hydrogen-bond acceptors (Lipinski definition) is 4. The molecule has 6 heteroatoms. The van der Waals surface area contributed by atoms with E-state index in [1.54, 1.807) is 18.2 Å². The van der Waals surface area contributed by atoms with Crippen molar-refractivity contribution in [3.63, 3.8) is 0 Å². The van der Waals surface area contributed by atoms with Crippen LogP contribution in [-0.2, 0) is 4.79 Å². The first-order chi connectivity index (χ1) is 11.2. The molecule has 23 heavy (non-hydrogen) atoms. The third-order valence-corrected chi connectivity index (χ3v) is 3.43. The molecular formula is C17H14N4O2. The van der Waals surface area contributed by atoms with E-state index in [0.29, 0.717) is 29.1 Å². The molecule has 2 N–H and O–H groups in total. The van der Waals surface area contributed by atoms with Crippen LogP contribution in [-0.4, -0.2) is 30.9 Å². The highest BCUT2D eigenvalue weighted by Gasteiger charge is 2.25. The largest absolute Gasteiger partial charge is 0.388 e. The summed E-state index contributed by atoms with van der Waals surface area (Å²) in [5.74, 6) is 0.0447. The normalized spacial score (nSPS) is 14.9. The number of aliphatic imine (C=N–C) groups is 2. The van der Waals surface area contributed by atoms with Gasteiger partial charge in [-0.15, -0.1) is 0 Å². The summed E-state index contributed by atoms with van der Waals surface area (Å²) in [6.45, 7) is 0. The summed E-state index contributed by atoms with van der Waals surface area (Å²) in [6.07, 6.45) is 0.435. The van der Waals surface area contributed by atoms with Gasteiger partial charge in [-0.25, -0.2) is 9.98 Å². The quantitative estimate of drug-likeness (QED) is 0.852. The van der Waals surface area contributed by atoms with Gasteiger partial charge >= 0.3 is 0 Å². The minimum Gasteiger partial charge on any atom is -0.388 e. The van der Waals surface area contributed by atoms with Crippen LogP contribution >= 0.6 is 0 Å². The average molecular weight is 306 g/mol. The molecule has 0 spiro atoms. The molecule has 1 heterocycles. The molecule has 0 saturated carbocycles. The molecule has 1 aliphatic heterocycles. The predicted molar refractivity (Wildman–Crippen MR) is 89.6 cm³/mol. The number of ketones is 1. The van der Waals surface area contributed by atoms with Gasteiger partial charge in [-0.05, 0) is 24.3 Å². The number of nitrogens with zero attached hydrogens (tertiary/aromatic N) is 2. The summed E-state index contributed by atoms with van der Waals surface area (Å²) in [5.41, 5.74) is 2.79. The van der Waals surface area contributed by atoms with E-state index in [2.05, 4.69) is 20.6 Å². The minimum absolute atomic E-state index is 0.0238. The van der Waals surface area contributed by atoms with Crippen LogP contribution in [0.3, 0.4) is 0 Å². The third kappa shape index (κ3) is 2.87. The van der Waals surface area contributed by atoms with Crippen molar-refractivity contribution in [1.82, 2.24) is 5.32 Å². The number of carbonyl (C=O) groups excluding carboxylic acids is 2. The predicted octanol–water partition coefficient (Wildman–Crippen LogP) is 2.15. The van der Waals surface area contributed by atoms with Crippen LogP contribution in [0.2, 0.25) is 0 Å². The highest BCUT2D eigenvalue weighted by atomic mass is 16.1. The molecule has 3 rings (SSSR count). The van der Waals surface area contributed by atoms with Crippen molar-refractivity contribution in [3.05, 3.63) is 59.7 Å². The smallest absolute Gasteiger partial charge is 0.229 e. The van der Waals surface area contributed by atoms with E-state index < -0.39 is 0 Å². The Morgan fingerprint density at radius 3 is 2.39 bits per heavy atom. The van der Waals surface area contributed by atoms with Crippen LogP contribution in [0.1, 0.15) is 15.9 Å². The zero-order valence-corrected chi connectivity index (χ0v) is 12.4. The van der Waals surface area contributed by atoms with Crippen molar-refractivity contribution in [2.75, 3.05) is 12.4 Å². The lowest BCUT2D eigenvalue weighted by Crippen LogP contribution is -2.35. The van der Waals surface area contributed by atoms with Crippen LogP contribution in [0.4, 0.5) is 11.4 Å². The van der Waals surface area contributed by atoms with E-state index in [4.69, 9.17) is 0 Å². The van der Waals surface area contributed by atoms with Gasteiger partial charge in [-0.2, -0.15) is 0 Å². The van der Waals surface area contributed by atoms with Gasteiger partial charge in [0.25, 0.3) is 0 Å². The molecule has 0 unspecified atom stereocenters.